The van der Waals surface area contributed by atoms with Crippen LogP contribution in [-0.4, -0.2) is 10.8 Å². The first-order chi connectivity index (χ1) is 12.6. The fourth-order valence-corrected chi connectivity index (χ4v) is 3.05. The van der Waals surface area contributed by atoms with Crippen LogP contribution in [0.3, 0.4) is 0 Å². The molecule has 1 N–H and O–H groups in total. The molecule has 2 aromatic carbocycles. The van der Waals surface area contributed by atoms with E-state index in [1.807, 2.05) is 65.5 Å². The number of ketones is 1. The number of benzene rings is 2. The third kappa shape index (κ3) is 4.54. The average molecular weight is 382 g/mol. The molecule has 3 nitrogen and oxygen atoms in total. The third-order valence-corrected chi connectivity index (χ3v) is 4.59. The average Bonchev–Trinajstić information content (AvgIpc) is 2.69. The van der Waals surface area contributed by atoms with Crippen LogP contribution in [0.15, 0.2) is 85.2 Å². The lowest BCUT2D eigenvalue weighted by atomic mass is 10.0. The van der Waals surface area contributed by atoms with Crippen LogP contribution in [0.5, 0.6) is 0 Å². The maximum atomic E-state index is 13.1. The molecule has 3 rings (SSSR count). The highest BCUT2D eigenvalue weighted by molar-refractivity contribution is 7.80. The Hall–Kier alpha value is -2.56. The Kier molecular flexibility index (Phi) is 6.10. The Morgan fingerprint density at radius 2 is 1.58 bits per heavy atom. The largest absolute Gasteiger partial charge is 0.370 e. The summed E-state index contributed by atoms with van der Waals surface area (Å²) in [6.45, 7) is 0.567. The molecule has 0 bridgehead atoms. The fraction of sp³-hybridized carbons (Fsp3) is 0.0952. The van der Waals surface area contributed by atoms with Crippen LogP contribution in [-0.2, 0) is 6.54 Å². The first kappa shape index (κ1) is 18.2. The normalized spacial score (nSPS) is 11.6. The smallest absolute Gasteiger partial charge is 0.270 e. The fourth-order valence-electron chi connectivity index (χ4n) is 2.63. The Labute approximate surface area is 163 Å². The molecule has 1 aromatic heterocycles. The lowest BCUT2D eigenvalue weighted by molar-refractivity contribution is -0.692. The number of nitrogens with zero attached hydrogens (tertiary/aromatic N) is 1. The van der Waals surface area contributed by atoms with Crippen LogP contribution in [0.2, 0.25) is 5.02 Å². The Balaban J connectivity index is 1.84. The number of hydrogen-bond donors (Lipinski definition) is 1. The number of Topliss-reactive ketones (excluding diaryl/α,β-unsaturated/α-hetero) is 1. The minimum Gasteiger partial charge on any atom is -0.370 e. The number of nitrogens with one attached hydrogen (secondary N) is 1. The minimum atomic E-state index is -0.615. The highest BCUT2D eigenvalue weighted by Gasteiger charge is 2.32. The van der Waals surface area contributed by atoms with E-state index in [0.717, 1.165) is 5.56 Å². The summed E-state index contributed by atoms with van der Waals surface area (Å²) in [6.07, 6.45) is 3.68. The molecule has 0 radical (unpaired) electrons. The zero-order chi connectivity index (χ0) is 18.4. The molecule has 26 heavy (non-hydrogen) atoms. The molecule has 0 saturated carbocycles. The van der Waals surface area contributed by atoms with E-state index in [-0.39, 0.29) is 5.78 Å². The number of thiocarbonyl (C=S) groups is 1. The summed E-state index contributed by atoms with van der Waals surface area (Å²) in [6, 6.07) is 21.9. The molecule has 0 fully saturated rings. The number of hydrogen-bond acceptors (Lipinski definition) is 2. The summed E-state index contributed by atoms with van der Waals surface area (Å²) in [5.74, 6) is -0.0802. The van der Waals surface area contributed by atoms with E-state index < -0.39 is 6.04 Å². The second-order valence-corrected chi connectivity index (χ2v) is 6.68. The number of aromatic nitrogens is 1. The monoisotopic (exact) mass is 381 g/mol. The van der Waals surface area contributed by atoms with Crippen LogP contribution in [0.25, 0.3) is 0 Å². The summed E-state index contributed by atoms with van der Waals surface area (Å²) in [7, 11) is 0. The van der Waals surface area contributed by atoms with Crippen LogP contribution in [0.1, 0.15) is 22.0 Å². The zero-order valence-corrected chi connectivity index (χ0v) is 15.6. The molecule has 3 aromatic rings. The van der Waals surface area contributed by atoms with Gasteiger partial charge in [-0.25, -0.2) is 0 Å². The van der Waals surface area contributed by atoms with Gasteiger partial charge in [-0.05, 0) is 29.8 Å². The molecule has 130 valence electrons. The van der Waals surface area contributed by atoms with Crippen molar-refractivity contribution in [2.45, 2.75) is 12.6 Å². The van der Waals surface area contributed by atoms with Crippen molar-refractivity contribution in [1.29, 1.82) is 0 Å². The van der Waals surface area contributed by atoms with Gasteiger partial charge in [0.15, 0.2) is 17.4 Å². The van der Waals surface area contributed by atoms with Crippen molar-refractivity contribution in [3.05, 3.63) is 101 Å². The van der Waals surface area contributed by atoms with Crippen LogP contribution in [0.4, 0.5) is 0 Å². The first-order valence-electron chi connectivity index (χ1n) is 8.22. The van der Waals surface area contributed by atoms with Gasteiger partial charge in [-0.2, -0.15) is 4.57 Å². The van der Waals surface area contributed by atoms with E-state index in [4.69, 9.17) is 23.8 Å². The molecule has 5 heteroatoms. The number of rotatable bonds is 6. The molecule has 0 aliphatic carbocycles. The highest BCUT2D eigenvalue weighted by Crippen LogP contribution is 2.15. The van der Waals surface area contributed by atoms with Crippen molar-refractivity contribution in [1.82, 2.24) is 5.32 Å². The lowest BCUT2D eigenvalue weighted by Crippen LogP contribution is -2.51. The molecule has 1 atom stereocenters. The van der Waals surface area contributed by atoms with Gasteiger partial charge in [-0.15, -0.1) is 0 Å². The van der Waals surface area contributed by atoms with Crippen LogP contribution in [0, 0.1) is 0 Å². The summed E-state index contributed by atoms with van der Waals surface area (Å²) < 4.78 is 1.82. The second kappa shape index (κ2) is 8.70. The molecule has 0 amide bonds. The van der Waals surface area contributed by atoms with Gasteiger partial charge in [-0.3, -0.25) is 4.79 Å². The molecule has 1 unspecified atom stereocenters. The molecule has 0 aliphatic heterocycles. The first-order valence-corrected chi connectivity index (χ1v) is 9.01. The van der Waals surface area contributed by atoms with Gasteiger partial charge < -0.3 is 5.32 Å². The van der Waals surface area contributed by atoms with E-state index in [9.17, 15) is 4.79 Å². The van der Waals surface area contributed by atoms with E-state index in [1.165, 1.54) is 0 Å². The van der Waals surface area contributed by atoms with E-state index in [0.29, 0.717) is 22.1 Å². The Morgan fingerprint density at radius 3 is 2.23 bits per heavy atom. The molecular formula is C21H18ClN2OS+. The molecule has 1 heterocycles. The lowest BCUT2D eigenvalue weighted by Gasteiger charge is -2.15. The maximum Gasteiger partial charge on any atom is 0.270 e. The zero-order valence-electron chi connectivity index (χ0n) is 14.0. The van der Waals surface area contributed by atoms with Crippen molar-refractivity contribution in [2.75, 3.05) is 0 Å². The van der Waals surface area contributed by atoms with E-state index in [2.05, 4.69) is 5.32 Å². The standard InChI is InChI=1S/C21H17ClN2OS/c22-18-11-9-17(10-12-18)20(25)19(24-13-5-2-6-14-24)21(26)23-15-16-7-3-1-4-8-16/h1-14,19H,15H2/p+1. The van der Waals surface area contributed by atoms with Crippen molar-refractivity contribution in [2.24, 2.45) is 0 Å². The number of pyridine rings is 1. The van der Waals surface area contributed by atoms with Gasteiger partial charge in [0.2, 0.25) is 5.78 Å². The van der Waals surface area contributed by atoms with Crippen molar-refractivity contribution < 1.29 is 9.36 Å². The Morgan fingerprint density at radius 1 is 0.962 bits per heavy atom. The molecule has 0 spiro atoms. The van der Waals surface area contributed by atoms with Crippen molar-refractivity contribution in [3.8, 4) is 0 Å². The predicted octanol–water partition coefficient (Wildman–Crippen LogP) is 4.17. The number of carbonyl (C=O) groups is 1. The summed E-state index contributed by atoms with van der Waals surface area (Å²) >= 11 is 11.5. The maximum absolute atomic E-state index is 13.1. The molecule has 0 saturated heterocycles. The number of carbonyl (C=O) groups excluding carboxylic acids is 1. The van der Waals surface area contributed by atoms with Gasteiger partial charge in [0.25, 0.3) is 6.04 Å². The molecule has 0 aliphatic rings. The summed E-state index contributed by atoms with van der Waals surface area (Å²) in [4.78, 5) is 13.6. The van der Waals surface area contributed by atoms with Gasteiger partial charge in [-0.1, -0.05) is 60.2 Å². The quantitative estimate of drug-likeness (QED) is 0.395. The topological polar surface area (TPSA) is 33.0 Å². The van der Waals surface area contributed by atoms with Crippen LogP contribution < -0.4 is 9.88 Å². The summed E-state index contributed by atoms with van der Waals surface area (Å²) in [5, 5.41) is 3.82. The van der Waals surface area contributed by atoms with E-state index in [1.54, 1.807) is 24.3 Å². The van der Waals surface area contributed by atoms with E-state index >= 15 is 0 Å². The van der Waals surface area contributed by atoms with Crippen LogP contribution >= 0.6 is 23.8 Å². The minimum absolute atomic E-state index is 0.0802. The van der Waals surface area contributed by atoms with Crippen molar-refractivity contribution in [3.63, 3.8) is 0 Å². The predicted molar refractivity (Wildman–Crippen MR) is 107 cm³/mol. The Bertz CT molecular complexity index is 883. The second-order valence-electron chi connectivity index (χ2n) is 5.80. The number of halogens is 1. The SMILES string of the molecule is O=C(c1ccc(Cl)cc1)C(C(=S)NCc1ccccc1)[n+]1ccccc1. The van der Waals surface area contributed by atoms with Gasteiger partial charge in [0.1, 0.15) is 0 Å². The van der Waals surface area contributed by atoms with Gasteiger partial charge in [0, 0.05) is 29.3 Å². The van der Waals surface area contributed by atoms with Crippen molar-refractivity contribution >= 4 is 34.6 Å². The third-order valence-electron chi connectivity index (χ3n) is 3.97. The molecular weight excluding hydrogens is 364 g/mol. The van der Waals surface area contributed by atoms with Gasteiger partial charge >= 0.3 is 0 Å². The highest BCUT2D eigenvalue weighted by atomic mass is 35.5. The van der Waals surface area contributed by atoms with Gasteiger partial charge in [0.05, 0.1) is 0 Å². The summed E-state index contributed by atoms with van der Waals surface area (Å²) in [5.41, 5.74) is 1.67.